The molecule has 124 valence electrons. The molecule has 5 rings (SSSR count). The SMILES string of the molecule is [2H]c1c([2H])c([2H])c(-c2cccc3c2c2cc(Cl)ccc2n3-c2ccccc2)c([2H])c1[2H]. The molecule has 0 unspecified atom stereocenters. The molecule has 0 saturated heterocycles. The average molecular weight is 359 g/mol. The van der Waals surface area contributed by atoms with Gasteiger partial charge in [-0.2, -0.15) is 0 Å². The van der Waals surface area contributed by atoms with Gasteiger partial charge < -0.3 is 4.57 Å². The van der Waals surface area contributed by atoms with Crippen LogP contribution in [0.15, 0.2) is 96.9 Å². The number of nitrogens with zero attached hydrogens (tertiary/aromatic N) is 1. The molecule has 0 spiro atoms. The van der Waals surface area contributed by atoms with Crippen molar-refractivity contribution in [1.82, 2.24) is 4.57 Å². The van der Waals surface area contributed by atoms with Gasteiger partial charge in [0.25, 0.3) is 0 Å². The van der Waals surface area contributed by atoms with Crippen molar-refractivity contribution in [1.29, 1.82) is 0 Å². The standard InChI is InChI=1S/C24H16ClN/c25-18-14-15-22-21(16-18)24-20(17-8-3-1-4-9-17)12-7-13-23(24)26(22)19-10-5-2-6-11-19/h1-16H/i1D,3D,4D,8D,9D. The van der Waals surface area contributed by atoms with E-state index in [-0.39, 0.29) is 29.7 Å². The fourth-order valence-electron chi connectivity index (χ4n) is 3.49. The lowest BCUT2D eigenvalue weighted by Gasteiger charge is -2.08. The van der Waals surface area contributed by atoms with E-state index >= 15 is 0 Å². The van der Waals surface area contributed by atoms with Crippen LogP contribution in [0, 0.1) is 0 Å². The summed E-state index contributed by atoms with van der Waals surface area (Å²) >= 11 is 6.34. The molecule has 0 bridgehead atoms. The van der Waals surface area contributed by atoms with Gasteiger partial charge >= 0.3 is 0 Å². The van der Waals surface area contributed by atoms with Crippen LogP contribution in [0.25, 0.3) is 38.6 Å². The van der Waals surface area contributed by atoms with Crippen molar-refractivity contribution in [2.45, 2.75) is 0 Å². The van der Waals surface area contributed by atoms with E-state index in [1.807, 2.05) is 60.7 Å². The van der Waals surface area contributed by atoms with Crippen LogP contribution in [0.1, 0.15) is 6.85 Å². The quantitative estimate of drug-likeness (QED) is 0.317. The Kier molecular flexibility index (Phi) is 2.52. The zero-order valence-corrected chi connectivity index (χ0v) is 14.4. The summed E-state index contributed by atoms with van der Waals surface area (Å²) in [6.07, 6.45) is 0. The van der Waals surface area contributed by atoms with Crippen LogP contribution in [0.5, 0.6) is 0 Å². The Morgan fingerprint density at radius 1 is 0.769 bits per heavy atom. The number of para-hydroxylation sites is 1. The third-order valence-electron chi connectivity index (χ3n) is 4.54. The monoisotopic (exact) mass is 358 g/mol. The number of hydrogen-bond donors (Lipinski definition) is 0. The smallest absolute Gasteiger partial charge is 0.0629 e. The van der Waals surface area contributed by atoms with Crippen molar-refractivity contribution in [3.05, 3.63) is 102 Å². The number of fused-ring (bicyclic) bond motifs is 3. The molecule has 0 atom stereocenters. The summed E-state index contributed by atoms with van der Waals surface area (Å²) in [5.41, 5.74) is 3.52. The zero-order valence-electron chi connectivity index (χ0n) is 18.7. The molecule has 1 aromatic heterocycles. The van der Waals surface area contributed by atoms with Crippen LogP contribution in [-0.4, -0.2) is 4.57 Å². The summed E-state index contributed by atoms with van der Waals surface area (Å²) in [6.45, 7) is 0. The molecule has 26 heavy (non-hydrogen) atoms. The molecule has 0 aliphatic rings. The van der Waals surface area contributed by atoms with Crippen LogP contribution in [0.4, 0.5) is 0 Å². The third-order valence-corrected chi connectivity index (χ3v) is 4.77. The third kappa shape index (κ3) is 2.33. The fraction of sp³-hybridized carbons (Fsp3) is 0. The van der Waals surface area contributed by atoms with Crippen molar-refractivity contribution in [3.8, 4) is 16.8 Å². The second kappa shape index (κ2) is 6.05. The van der Waals surface area contributed by atoms with E-state index in [4.69, 9.17) is 18.5 Å². The van der Waals surface area contributed by atoms with Crippen molar-refractivity contribution in [2.24, 2.45) is 0 Å². The molecule has 0 aliphatic heterocycles. The first kappa shape index (κ1) is 10.8. The Morgan fingerprint density at radius 2 is 1.58 bits per heavy atom. The number of hydrogen-bond acceptors (Lipinski definition) is 0. The summed E-state index contributed by atoms with van der Waals surface area (Å²) in [4.78, 5) is 0. The van der Waals surface area contributed by atoms with E-state index in [1.165, 1.54) is 0 Å². The highest BCUT2D eigenvalue weighted by atomic mass is 35.5. The van der Waals surface area contributed by atoms with Crippen molar-refractivity contribution < 1.29 is 6.85 Å². The van der Waals surface area contributed by atoms with E-state index in [9.17, 15) is 0 Å². The van der Waals surface area contributed by atoms with Gasteiger partial charge in [-0.05, 0) is 47.5 Å². The molecule has 0 radical (unpaired) electrons. The first-order valence-corrected chi connectivity index (χ1v) is 8.63. The van der Waals surface area contributed by atoms with E-state index in [1.54, 1.807) is 6.07 Å². The van der Waals surface area contributed by atoms with E-state index < -0.39 is 6.04 Å². The maximum Gasteiger partial charge on any atom is 0.0629 e. The number of halogens is 1. The van der Waals surface area contributed by atoms with Crippen molar-refractivity contribution in [2.75, 3.05) is 0 Å². The molecule has 4 aromatic carbocycles. The van der Waals surface area contributed by atoms with E-state index in [0.717, 1.165) is 27.5 Å². The average Bonchev–Trinajstić information content (AvgIpc) is 3.11. The van der Waals surface area contributed by atoms with Crippen LogP contribution >= 0.6 is 11.6 Å². The van der Waals surface area contributed by atoms with Gasteiger partial charge in [0.05, 0.1) is 17.9 Å². The topological polar surface area (TPSA) is 4.93 Å². The second-order valence-electron chi connectivity index (χ2n) is 6.03. The molecule has 1 heterocycles. The molecule has 0 N–H and O–H groups in total. The summed E-state index contributed by atoms with van der Waals surface area (Å²) in [5.74, 6) is 0. The number of benzene rings is 4. The predicted octanol–water partition coefficient (Wildman–Crippen LogP) is 7.10. The first-order chi connectivity index (χ1) is 14.9. The Hall–Kier alpha value is -3.03. The molecule has 1 nitrogen and oxygen atoms in total. The number of rotatable bonds is 2. The highest BCUT2D eigenvalue weighted by molar-refractivity contribution is 6.32. The largest absolute Gasteiger partial charge is 0.309 e. The summed E-state index contributed by atoms with van der Waals surface area (Å²) in [5, 5.41) is 2.21. The van der Waals surface area contributed by atoms with Gasteiger partial charge in [0.2, 0.25) is 0 Å². The molecular formula is C24H16ClN. The minimum absolute atomic E-state index is 0.184. The molecule has 5 aromatic rings. The van der Waals surface area contributed by atoms with Crippen molar-refractivity contribution >= 4 is 33.4 Å². The Balaban J connectivity index is 1.99. The first-order valence-electron chi connectivity index (χ1n) is 10.8. The molecule has 0 amide bonds. The van der Waals surface area contributed by atoms with Crippen LogP contribution < -0.4 is 0 Å². The summed E-state index contributed by atoms with van der Waals surface area (Å²) in [7, 11) is 0. The lowest BCUT2D eigenvalue weighted by atomic mass is 9.99. The minimum atomic E-state index is -0.402. The normalized spacial score (nSPS) is 14.0. The van der Waals surface area contributed by atoms with Gasteiger partial charge in [-0.15, -0.1) is 0 Å². The molecule has 0 saturated carbocycles. The summed E-state index contributed by atoms with van der Waals surface area (Å²) in [6, 6.07) is 19.6. The van der Waals surface area contributed by atoms with E-state index in [0.29, 0.717) is 10.6 Å². The van der Waals surface area contributed by atoms with Crippen LogP contribution in [0.2, 0.25) is 5.02 Å². The molecule has 0 aliphatic carbocycles. The van der Waals surface area contributed by atoms with Crippen LogP contribution in [0.3, 0.4) is 0 Å². The Morgan fingerprint density at radius 3 is 2.38 bits per heavy atom. The maximum atomic E-state index is 8.46. The van der Waals surface area contributed by atoms with Gasteiger partial charge in [0, 0.05) is 21.5 Å². The number of aromatic nitrogens is 1. The Bertz CT molecular complexity index is 1460. The zero-order chi connectivity index (χ0) is 21.9. The highest BCUT2D eigenvalue weighted by Crippen LogP contribution is 2.39. The highest BCUT2D eigenvalue weighted by Gasteiger charge is 2.16. The van der Waals surface area contributed by atoms with Crippen molar-refractivity contribution in [3.63, 3.8) is 0 Å². The van der Waals surface area contributed by atoms with Gasteiger partial charge in [-0.25, -0.2) is 0 Å². The lowest BCUT2D eigenvalue weighted by molar-refractivity contribution is 1.18. The maximum absolute atomic E-state index is 8.46. The van der Waals surface area contributed by atoms with Crippen LogP contribution in [-0.2, 0) is 0 Å². The van der Waals surface area contributed by atoms with Gasteiger partial charge in [-0.3, -0.25) is 0 Å². The Labute approximate surface area is 164 Å². The van der Waals surface area contributed by atoms with Gasteiger partial charge in [-0.1, -0.05) is 72.1 Å². The fourth-order valence-corrected chi connectivity index (χ4v) is 3.66. The lowest BCUT2D eigenvalue weighted by Crippen LogP contribution is -1.92. The predicted molar refractivity (Wildman–Crippen MR) is 111 cm³/mol. The van der Waals surface area contributed by atoms with E-state index in [2.05, 4.69) is 4.57 Å². The van der Waals surface area contributed by atoms with Gasteiger partial charge in [0.1, 0.15) is 0 Å². The molecule has 0 fully saturated rings. The molecule has 2 heteroatoms. The van der Waals surface area contributed by atoms with Gasteiger partial charge in [0.15, 0.2) is 0 Å². The summed E-state index contributed by atoms with van der Waals surface area (Å²) < 4.78 is 43.1. The minimum Gasteiger partial charge on any atom is -0.309 e. The molecular weight excluding hydrogens is 338 g/mol. The second-order valence-corrected chi connectivity index (χ2v) is 6.47.